The van der Waals surface area contributed by atoms with E-state index in [1.54, 1.807) is 12.1 Å². The summed E-state index contributed by atoms with van der Waals surface area (Å²) in [6, 6.07) is 5.27. The van der Waals surface area contributed by atoms with Crippen molar-refractivity contribution in [3.8, 4) is 11.5 Å². The van der Waals surface area contributed by atoms with Crippen LogP contribution in [-0.4, -0.2) is 12.2 Å². The molecule has 0 atom stereocenters. The zero-order valence-electron chi connectivity index (χ0n) is 7.08. The van der Waals surface area contributed by atoms with Crippen LogP contribution in [0.3, 0.4) is 0 Å². The van der Waals surface area contributed by atoms with Gasteiger partial charge in [-0.05, 0) is 24.1 Å². The second-order valence-corrected chi connectivity index (χ2v) is 2.50. The number of hydrogen-bond donors (Lipinski definition) is 1. The minimum atomic E-state index is 0. The number of phenols is 1. The molecule has 0 unspecified atom stereocenters. The molecule has 0 aliphatic heterocycles. The second-order valence-electron chi connectivity index (χ2n) is 2.50. The van der Waals surface area contributed by atoms with Gasteiger partial charge < -0.3 is 9.84 Å². The fourth-order valence-corrected chi connectivity index (χ4v) is 1.02. The van der Waals surface area contributed by atoms with Crippen molar-refractivity contribution in [3.63, 3.8) is 0 Å². The molecule has 0 heterocycles. The first-order valence-electron chi connectivity index (χ1n) is 3.74. The van der Waals surface area contributed by atoms with Crippen molar-refractivity contribution in [2.24, 2.45) is 0 Å². The van der Waals surface area contributed by atoms with Gasteiger partial charge in [-0.2, -0.15) is 0 Å². The van der Waals surface area contributed by atoms with E-state index in [1.807, 2.05) is 12.1 Å². The maximum absolute atomic E-state index is 9.25. The van der Waals surface area contributed by atoms with Gasteiger partial charge in [0.2, 0.25) is 0 Å². The van der Waals surface area contributed by atoms with Gasteiger partial charge in [-0.3, -0.25) is 0 Å². The predicted molar refractivity (Wildman–Crippen MR) is 55.3 cm³/mol. The highest BCUT2D eigenvalue weighted by Gasteiger charge is 2.00. The molecule has 0 saturated heterocycles. The molecule has 0 saturated carbocycles. The Morgan fingerprint density at radius 2 is 2.23 bits per heavy atom. The molecule has 2 nitrogen and oxygen atoms in total. The van der Waals surface area contributed by atoms with Crippen LogP contribution in [0.15, 0.2) is 30.9 Å². The lowest BCUT2D eigenvalue weighted by atomic mass is 10.1. The van der Waals surface area contributed by atoms with Gasteiger partial charge in [0.15, 0.2) is 11.5 Å². The zero-order valence-corrected chi connectivity index (χ0v) is 7.08. The van der Waals surface area contributed by atoms with E-state index < -0.39 is 0 Å². The van der Waals surface area contributed by atoms with Crippen LogP contribution in [-0.2, 0) is 6.42 Å². The molecule has 0 aliphatic rings. The molecule has 2 heteroatoms. The Morgan fingerprint density at radius 1 is 1.54 bits per heavy atom. The molecule has 0 aliphatic carbocycles. The monoisotopic (exact) mass is 180 g/mol. The minimum absolute atomic E-state index is 0. The van der Waals surface area contributed by atoms with Crippen LogP contribution >= 0.6 is 0 Å². The van der Waals surface area contributed by atoms with Crippen molar-refractivity contribution < 1.29 is 9.84 Å². The summed E-state index contributed by atoms with van der Waals surface area (Å²) >= 11 is 0. The number of rotatable bonds is 3. The maximum Gasteiger partial charge on any atom is 0.160 e. The van der Waals surface area contributed by atoms with Crippen LogP contribution in [0.4, 0.5) is 0 Å². The first kappa shape index (κ1) is 11.6. The smallest absolute Gasteiger partial charge is 0.160 e. The highest BCUT2D eigenvalue weighted by Crippen LogP contribution is 2.26. The maximum atomic E-state index is 9.25. The molecule has 1 aromatic rings. The molecule has 13 heavy (non-hydrogen) atoms. The summed E-state index contributed by atoms with van der Waals surface area (Å²) in [5, 5.41) is 9.25. The highest BCUT2D eigenvalue weighted by atomic mass is 16.5. The van der Waals surface area contributed by atoms with Crippen molar-refractivity contribution in [1.82, 2.24) is 0 Å². The Balaban J connectivity index is 0.00000144. The number of allylic oxidation sites excluding steroid dienone is 1. The van der Waals surface area contributed by atoms with E-state index in [0.29, 0.717) is 5.75 Å². The van der Waals surface area contributed by atoms with Gasteiger partial charge >= 0.3 is 0 Å². The summed E-state index contributed by atoms with van der Waals surface area (Å²) in [5.41, 5.74) is 1.08. The van der Waals surface area contributed by atoms with Crippen LogP contribution in [0.2, 0.25) is 0 Å². The quantitative estimate of drug-likeness (QED) is 0.725. The number of hydrogen-bond acceptors (Lipinski definition) is 2. The van der Waals surface area contributed by atoms with Gasteiger partial charge in [-0.25, -0.2) is 0 Å². The van der Waals surface area contributed by atoms with Gasteiger partial charge in [0, 0.05) is 0 Å². The van der Waals surface area contributed by atoms with E-state index in [1.165, 1.54) is 7.11 Å². The number of aromatic hydroxyl groups is 1. The predicted octanol–water partition coefficient (Wildman–Crippen LogP) is 2.77. The van der Waals surface area contributed by atoms with Crippen molar-refractivity contribution in [1.29, 1.82) is 0 Å². The van der Waals surface area contributed by atoms with E-state index in [9.17, 15) is 5.11 Å². The molecule has 72 valence electrons. The summed E-state index contributed by atoms with van der Waals surface area (Å²) in [5.74, 6) is 0.680. The van der Waals surface area contributed by atoms with Crippen LogP contribution < -0.4 is 4.74 Å². The van der Waals surface area contributed by atoms with Crippen LogP contribution in [0, 0.1) is 0 Å². The third-order valence-corrected chi connectivity index (χ3v) is 1.62. The average Bonchev–Trinajstić information content (AvgIpc) is 2.09. The van der Waals surface area contributed by atoms with E-state index in [-0.39, 0.29) is 13.2 Å². The van der Waals surface area contributed by atoms with Crippen molar-refractivity contribution >= 4 is 0 Å². The average molecular weight is 180 g/mol. The normalized spacial score (nSPS) is 8.69. The minimum Gasteiger partial charge on any atom is -0.504 e. The first-order valence-corrected chi connectivity index (χ1v) is 3.74. The van der Waals surface area contributed by atoms with E-state index in [0.717, 1.165) is 12.0 Å². The lowest BCUT2D eigenvalue weighted by molar-refractivity contribution is 0.373. The molecule has 0 aromatic heterocycles. The van der Waals surface area contributed by atoms with E-state index in [2.05, 4.69) is 6.58 Å². The largest absolute Gasteiger partial charge is 0.504 e. The van der Waals surface area contributed by atoms with Crippen LogP contribution in [0.5, 0.6) is 11.5 Å². The Hall–Kier alpha value is -1.44. The Bertz CT molecular complexity index is 279. The summed E-state index contributed by atoms with van der Waals surface area (Å²) in [6.45, 7) is 3.63. The molecule has 1 N–H and O–H groups in total. The molecule has 0 amide bonds. The van der Waals surface area contributed by atoms with Gasteiger partial charge in [-0.1, -0.05) is 19.6 Å². The van der Waals surface area contributed by atoms with Gasteiger partial charge in [0.25, 0.3) is 0 Å². The topological polar surface area (TPSA) is 29.5 Å². The van der Waals surface area contributed by atoms with Crippen LogP contribution in [0.1, 0.15) is 13.0 Å². The molecule has 0 radical (unpaired) electrons. The summed E-state index contributed by atoms with van der Waals surface area (Å²) in [7, 11) is 1.53. The number of methoxy groups -OCH3 is 1. The number of phenolic OH excluding ortho intramolecular Hbond substituents is 1. The molecular formula is C11H16O2. The Labute approximate surface area is 79.5 Å². The van der Waals surface area contributed by atoms with E-state index in [4.69, 9.17) is 4.74 Å². The first-order chi connectivity index (χ1) is 5.77. The highest BCUT2D eigenvalue weighted by molar-refractivity contribution is 5.42. The van der Waals surface area contributed by atoms with E-state index >= 15 is 0 Å². The SMILES string of the molecule is C.C=CCc1ccc(O)c(OC)c1. The lowest BCUT2D eigenvalue weighted by Gasteiger charge is -2.04. The number of ether oxygens (including phenoxy) is 1. The lowest BCUT2D eigenvalue weighted by Crippen LogP contribution is -1.86. The van der Waals surface area contributed by atoms with Crippen molar-refractivity contribution in [2.75, 3.05) is 7.11 Å². The van der Waals surface area contributed by atoms with Gasteiger partial charge in [0.1, 0.15) is 0 Å². The Morgan fingerprint density at radius 3 is 2.77 bits per heavy atom. The van der Waals surface area contributed by atoms with Gasteiger partial charge in [0.05, 0.1) is 7.11 Å². The molecule has 0 spiro atoms. The Kier molecular flexibility index (Phi) is 4.67. The third kappa shape index (κ3) is 2.82. The third-order valence-electron chi connectivity index (χ3n) is 1.62. The fraction of sp³-hybridized carbons (Fsp3) is 0.273. The fourth-order valence-electron chi connectivity index (χ4n) is 1.02. The summed E-state index contributed by atoms with van der Waals surface area (Å²) in [6.07, 6.45) is 2.60. The van der Waals surface area contributed by atoms with Gasteiger partial charge in [-0.15, -0.1) is 6.58 Å². The second kappa shape index (κ2) is 5.25. The summed E-state index contributed by atoms with van der Waals surface area (Å²) < 4.78 is 4.95. The zero-order chi connectivity index (χ0) is 8.97. The molecule has 0 fully saturated rings. The molecule has 0 bridgehead atoms. The van der Waals surface area contributed by atoms with Crippen LogP contribution in [0.25, 0.3) is 0 Å². The molecule has 1 rings (SSSR count). The van der Waals surface area contributed by atoms with Crippen molar-refractivity contribution in [3.05, 3.63) is 36.4 Å². The molecular weight excluding hydrogens is 164 g/mol. The number of benzene rings is 1. The van der Waals surface area contributed by atoms with Crippen molar-refractivity contribution in [2.45, 2.75) is 13.8 Å². The standard InChI is InChI=1S/C10H12O2.CH4/c1-3-4-8-5-6-9(11)10(7-8)12-2;/h3,5-7,11H,1,4H2,2H3;1H4. The summed E-state index contributed by atoms with van der Waals surface area (Å²) in [4.78, 5) is 0. The molecule has 1 aromatic carbocycles.